The largest absolute Gasteiger partial charge is 0.448 e. The monoisotopic (exact) mass is 331 g/mol. The SMILES string of the molecule is NC(=O)c1ccc(-c2nc3ccc(C(=O)c4ccccc4)cc3[nH]2)o1. The minimum Gasteiger partial charge on any atom is -0.448 e. The number of hydrogen-bond donors (Lipinski definition) is 2. The van der Waals surface area contributed by atoms with Gasteiger partial charge in [0.05, 0.1) is 11.0 Å². The van der Waals surface area contributed by atoms with Crippen molar-refractivity contribution in [2.24, 2.45) is 5.73 Å². The lowest BCUT2D eigenvalue weighted by Crippen LogP contribution is -2.09. The highest BCUT2D eigenvalue weighted by Gasteiger charge is 2.14. The van der Waals surface area contributed by atoms with Crippen LogP contribution < -0.4 is 5.73 Å². The number of furan rings is 1. The number of benzene rings is 2. The molecular formula is C19H13N3O3. The fourth-order valence-corrected chi connectivity index (χ4v) is 2.62. The number of hydrogen-bond acceptors (Lipinski definition) is 4. The molecule has 2 aromatic heterocycles. The summed E-state index contributed by atoms with van der Waals surface area (Å²) in [5.41, 5.74) is 7.77. The van der Waals surface area contributed by atoms with Crippen LogP contribution in [0, 0.1) is 0 Å². The minimum absolute atomic E-state index is 0.0623. The zero-order chi connectivity index (χ0) is 17.4. The smallest absolute Gasteiger partial charge is 0.284 e. The zero-order valence-corrected chi connectivity index (χ0v) is 13.0. The first-order valence-electron chi connectivity index (χ1n) is 7.61. The van der Waals surface area contributed by atoms with E-state index in [1.54, 1.807) is 36.4 Å². The number of amides is 1. The maximum absolute atomic E-state index is 12.5. The second-order valence-corrected chi connectivity index (χ2v) is 5.54. The Morgan fingerprint density at radius 1 is 0.960 bits per heavy atom. The van der Waals surface area contributed by atoms with Gasteiger partial charge in [-0.15, -0.1) is 0 Å². The van der Waals surface area contributed by atoms with Crippen LogP contribution in [0.2, 0.25) is 0 Å². The molecule has 0 bridgehead atoms. The lowest BCUT2D eigenvalue weighted by molar-refractivity contribution is 0.0973. The van der Waals surface area contributed by atoms with Gasteiger partial charge in [-0.25, -0.2) is 4.98 Å². The number of nitrogens with zero attached hydrogens (tertiary/aromatic N) is 1. The van der Waals surface area contributed by atoms with Gasteiger partial charge >= 0.3 is 0 Å². The second-order valence-electron chi connectivity index (χ2n) is 5.54. The van der Waals surface area contributed by atoms with Gasteiger partial charge in [-0.3, -0.25) is 9.59 Å². The molecule has 6 heteroatoms. The number of rotatable bonds is 4. The van der Waals surface area contributed by atoms with Crippen molar-refractivity contribution in [2.75, 3.05) is 0 Å². The van der Waals surface area contributed by atoms with E-state index in [1.807, 2.05) is 18.2 Å². The third-order valence-corrected chi connectivity index (χ3v) is 3.86. The van der Waals surface area contributed by atoms with E-state index in [4.69, 9.17) is 10.2 Å². The quantitative estimate of drug-likeness (QED) is 0.561. The average Bonchev–Trinajstić information content (AvgIpc) is 3.28. The standard InChI is InChI=1S/C19H13N3O3/c20-18(24)15-8-9-16(25-15)19-21-13-7-6-12(10-14(13)22-19)17(23)11-4-2-1-3-5-11/h1-10H,(H2,20,24)(H,21,22). The van der Waals surface area contributed by atoms with Crippen LogP contribution in [-0.2, 0) is 0 Å². The summed E-state index contributed by atoms with van der Waals surface area (Å²) in [5, 5.41) is 0. The molecule has 25 heavy (non-hydrogen) atoms. The van der Waals surface area contributed by atoms with Crippen molar-refractivity contribution < 1.29 is 14.0 Å². The summed E-state index contributed by atoms with van der Waals surface area (Å²) in [7, 11) is 0. The number of primary amides is 1. The number of H-pyrrole nitrogens is 1. The number of fused-ring (bicyclic) bond motifs is 1. The molecule has 0 radical (unpaired) electrons. The lowest BCUT2D eigenvalue weighted by Gasteiger charge is -2.00. The molecule has 0 saturated heterocycles. The van der Waals surface area contributed by atoms with Crippen molar-refractivity contribution in [3.05, 3.63) is 77.6 Å². The average molecular weight is 331 g/mol. The molecule has 2 aromatic carbocycles. The van der Waals surface area contributed by atoms with Gasteiger partial charge in [-0.1, -0.05) is 30.3 Å². The van der Waals surface area contributed by atoms with E-state index in [9.17, 15) is 9.59 Å². The first-order valence-corrected chi connectivity index (χ1v) is 7.61. The van der Waals surface area contributed by atoms with E-state index in [-0.39, 0.29) is 11.5 Å². The fraction of sp³-hybridized carbons (Fsp3) is 0. The van der Waals surface area contributed by atoms with Crippen molar-refractivity contribution >= 4 is 22.7 Å². The summed E-state index contributed by atoms with van der Waals surface area (Å²) in [6, 6.07) is 17.4. The van der Waals surface area contributed by atoms with Gasteiger partial charge in [0.1, 0.15) is 0 Å². The van der Waals surface area contributed by atoms with Crippen LogP contribution in [0.25, 0.3) is 22.6 Å². The minimum atomic E-state index is -0.641. The topological polar surface area (TPSA) is 102 Å². The van der Waals surface area contributed by atoms with Crippen LogP contribution in [0.3, 0.4) is 0 Å². The highest BCUT2D eigenvalue weighted by molar-refractivity contribution is 6.10. The summed E-state index contributed by atoms with van der Waals surface area (Å²) in [6.45, 7) is 0. The summed E-state index contributed by atoms with van der Waals surface area (Å²) < 4.78 is 5.37. The number of carbonyl (C=O) groups is 2. The number of nitrogens with one attached hydrogen (secondary N) is 1. The van der Waals surface area contributed by atoms with Crippen molar-refractivity contribution in [2.45, 2.75) is 0 Å². The van der Waals surface area contributed by atoms with E-state index in [1.165, 1.54) is 6.07 Å². The molecule has 0 spiro atoms. The fourth-order valence-electron chi connectivity index (χ4n) is 2.62. The number of ketones is 1. The van der Waals surface area contributed by atoms with Gasteiger partial charge in [0.25, 0.3) is 5.91 Å². The van der Waals surface area contributed by atoms with Crippen LogP contribution in [0.5, 0.6) is 0 Å². The Bertz CT molecular complexity index is 1090. The molecule has 0 aliphatic rings. The lowest BCUT2D eigenvalue weighted by atomic mass is 10.0. The van der Waals surface area contributed by atoms with Gasteiger partial charge in [-0.2, -0.15) is 0 Å². The van der Waals surface area contributed by atoms with Gasteiger partial charge < -0.3 is 15.1 Å². The summed E-state index contributed by atoms with van der Waals surface area (Å²) in [4.78, 5) is 31.2. The molecule has 4 rings (SSSR count). The number of imidazole rings is 1. The predicted octanol–water partition coefficient (Wildman–Crippen LogP) is 3.15. The Labute approximate surface area is 142 Å². The Kier molecular flexibility index (Phi) is 3.43. The third-order valence-electron chi connectivity index (χ3n) is 3.86. The molecule has 122 valence electrons. The maximum atomic E-state index is 12.5. The van der Waals surface area contributed by atoms with Crippen LogP contribution >= 0.6 is 0 Å². The van der Waals surface area contributed by atoms with Gasteiger partial charge in [-0.05, 0) is 30.3 Å². The molecule has 6 nitrogen and oxygen atoms in total. The number of aromatic nitrogens is 2. The predicted molar refractivity (Wildman–Crippen MR) is 92.2 cm³/mol. The number of nitrogens with two attached hydrogens (primary N) is 1. The van der Waals surface area contributed by atoms with Crippen LogP contribution in [0.1, 0.15) is 26.5 Å². The number of carbonyl (C=O) groups excluding carboxylic acids is 2. The number of aromatic amines is 1. The first-order chi connectivity index (χ1) is 12.1. The molecule has 0 saturated carbocycles. The van der Waals surface area contributed by atoms with Crippen LogP contribution in [-0.4, -0.2) is 21.7 Å². The van der Waals surface area contributed by atoms with E-state index in [2.05, 4.69) is 9.97 Å². The molecule has 0 fully saturated rings. The Morgan fingerprint density at radius 2 is 1.76 bits per heavy atom. The van der Waals surface area contributed by atoms with E-state index < -0.39 is 5.91 Å². The maximum Gasteiger partial charge on any atom is 0.284 e. The Balaban J connectivity index is 1.72. The van der Waals surface area contributed by atoms with Crippen LogP contribution in [0.4, 0.5) is 0 Å². The molecule has 0 aliphatic carbocycles. The highest BCUT2D eigenvalue weighted by atomic mass is 16.4. The normalized spacial score (nSPS) is 10.9. The highest BCUT2D eigenvalue weighted by Crippen LogP contribution is 2.24. The van der Waals surface area contributed by atoms with Gasteiger partial charge in [0, 0.05) is 11.1 Å². The molecule has 2 heterocycles. The van der Waals surface area contributed by atoms with E-state index in [0.29, 0.717) is 33.7 Å². The molecule has 0 aliphatic heterocycles. The first kappa shape index (κ1) is 14.9. The van der Waals surface area contributed by atoms with Crippen molar-refractivity contribution in [3.63, 3.8) is 0 Å². The molecular weight excluding hydrogens is 318 g/mol. The van der Waals surface area contributed by atoms with Crippen LogP contribution in [0.15, 0.2) is 65.1 Å². The Hall–Kier alpha value is -3.67. The van der Waals surface area contributed by atoms with E-state index >= 15 is 0 Å². The van der Waals surface area contributed by atoms with Crippen molar-refractivity contribution in [1.29, 1.82) is 0 Å². The van der Waals surface area contributed by atoms with Gasteiger partial charge in [0.2, 0.25) is 0 Å². The zero-order valence-electron chi connectivity index (χ0n) is 13.0. The second kappa shape index (κ2) is 5.76. The van der Waals surface area contributed by atoms with E-state index in [0.717, 1.165) is 0 Å². The summed E-state index contributed by atoms with van der Waals surface area (Å²) in [6.07, 6.45) is 0. The molecule has 1 amide bonds. The van der Waals surface area contributed by atoms with Crippen molar-refractivity contribution in [1.82, 2.24) is 9.97 Å². The molecule has 0 unspecified atom stereocenters. The van der Waals surface area contributed by atoms with Crippen molar-refractivity contribution in [3.8, 4) is 11.6 Å². The third kappa shape index (κ3) is 2.70. The molecule has 4 aromatic rings. The summed E-state index contributed by atoms with van der Waals surface area (Å²) >= 11 is 0. The molecule has 3 N–H and O–H groups in total. The van der Waals surface area contributed by atoms with Gasteiger partial charge in [0.15, 0.2) is 23.1 Å². The molecule has 0 atom stereocenters. The Morgan fingerprint density at radius 3 is 2.48 bits per heavy atom. The summed E-state index contributed by atoms with van der Waals surface area (Å²) in [5.74, 6) is 0.230.